The molecule has 0 atom stereocenters. The van der Waals surface area contributed by atoms with E-state index in [1.54, 1.807) is 17.4 Å². The first kappa shape index (κ1) is 16.0. The van der Waals surface area contributed by atoms with Crippen molar-refractivity contribution < 1.29 is 4.79 Å². The first-order chi connectivity index (χ1) is 12.7. The van der Waals surface area contributed by atoms with Gasteiger partial charge < -0.3 is 9.47 Å². The Kier molecular flexibility index (Phi) is 3.79. The third-order valence-electron chi connectivity index (χ3n) is 4.95. The van der Waals surface area contributed by atoms with E-state index in [1.807, 2.05) is 38.6 Å². The molecule has 0 bridgehead atoms. The summed E-state index contributed by atoms with van der Waals surface area (Å²) in [5.41, 5.74) is 2.77. The summed E-state index contributed by atoms with van der Waals surface area (Å²) in [6, 6.07) is 6.12. The summed E-state index contributed by atoms with van der Waals surface area (Å²) in [5, 5.41) is 4.75. The minimum absolute atomic E-state index is 0.0288. The summed E-state index contributed by atoms with van der Waals surface area (Å²) in [6.07, 6.45) is 4.84. The summed E-state index contributed by atoms with van der Waals surface area (Å²) in [4.78, 5) is 32.6. The molecule has 0 radical (unpaired) electrons. The van der Waals surface area contributed by atoms with Gasteiger partial charge in [0.1, 0.15) is 10.7 Å². The Morgan fingerprint density at radius 3 is 2.88 bits per heavy atom. The molecule has 0 N–H and O–H groups in total. The maximum atomic E-state index is 12.9. The van der Waals surface area contributed by atoms with E-state index in [0.29, 0.717) is 24.8 Å². The van der Waals surface area contributed by atoms with Crippen LogP contribution in [0, 0.1) is 0 Å². The Balaban J connectivity index is 1.39. The number of nitrogens with zero attached hydrogens (tertiary/aromatic N) is 3. The van der Waals surface area contributed by atoms with Crippen molar-refractivity contribution in [3.63, 3.8) is 0 Å². The number of rotatable bonds is 3. The van der Waals surface area contributed by atoms with Crippen molar-refractivity contribution in [3.8, 4) is 9.88 Å². The van der Waals surface area contributed by atoms with E-state index in [4.69, 9.17) is 0 Å². The molecule has 1 amide bonds. The number of hydrogen-bond acceptors (Lipinski definition) is 5. The molecule has 0 spiro atoms. The summed E-state index contributed by atoms with van der Waals surface area (Å²) in [7, 11) is 0. The van der Waals surface area contributed by atoms with Crippen molar-refractivity contribution in [2.24, 2.45) is 0 Å². The number of carbonyl (C=O) groups excluding carboxylic acids is 1. The van der Waals surface area contributed by atoms with Gasteiger partial charge in [-0.2, -0.15) is 0 Å². The highest BCUT2D eigenvalue weighted by atomic mass is 32.1. The van der Waals surface area contributed by atoms with Gasteiger partial charge in [-0.25, -0.2) is 4.98 Å². The number of fused-ring (bicyclic) bond motifs is 1. The number of carbonyl (C=O) groups is 1. The van der Waals surface area contributed by atoms with Gasteiger partial charge in [0.05, 0.1) is 4.88 Å². The van der Waals surface area contributed by atoms with Gasteiger partial charge in [0, 0.05) is 36.8 Å². The number of thiophene rings is 1. The summed E-state index contributed by atoms with van der Waals surface area (Å²) < 4.78 is 1.84. The van der Waals surface area contributed by atoms with Gasteiger partial charge in [-0.1, -0.05) is 6.07 Å². The van der Waals surface area contributed by atoms with Crippen molar-refractivity contribution >= 4 is 28.6 Å². The third-order valence-corrected chi connectivity index (χ3v) is 6.84. The number of amides is 1. The molecule has 3 aromatic rings. The Morgan fingerprint density at radius 1 is 1.23 bits per heavy atom. The molecule has 0 unspecified atom stereocenters. The lowest BCUT2D eigenvalue weighted by molar-refractivity contribution is 0.0729. The van der Waals surface area contributed by atoms with Crippen molar-refractivity contribution in [2.45, 2.75) is 31.8 Å². The van der Waals surface area contributed by atoms with Crippen LogP contribution in [0.5, 0.6) is 0 Å². The maximum absolute atomic E-state index is 12.9. The van der Waals surface area contributed by atoms with E-state index in [-0.39, 0.29) is 11.5 Å². The molecule has 1 fully saturated rings. The summed E-state index contributed by atoms with van der Waals surface area (Å²) >= 11 is 3.14. The molecule has 1 saturated carbocycles. The van der Waals surface area contributed by atoms with Crippen LogP contribution in [-0.2, 0) is 13.0 Å². The van der Waals surface area contributed by atoms with E-state index >= 15 is 0 Å². The number of pyridine rings is 1. The largest absolute Gasteiger partial charge is 0.333 e. The standard InChI is InChI=1S/C19H17N3O2S2/c23-17-8-12-5-6-21(9-13(12)10-22(17)14-3-4-14)19(24)15-11-26-18(20-15)16-2-1-7-25-16/h1-2,7-8,10-11,14H,3-6,9H2. The minimum Gasteiger partial charge on any atom is -0.333 e. The van der Waals surface area contributed by atoms with Crippen LogP contribution in [0.3, 0.4) is 0 Å². The van der Waals surface area contributed by atoms with Crippen LogP contribution >= 0.6 is 22.7 Å². The first-order valence-corrected chi connectivity index (χ1v) is 10.5. The van der Waals surface area contributed by atoms with Crippen LogP contribution in [0.15, 0.2) is 40.0 Å². The van der Waals surface area contributed by atoms with Gasteiger partial charge in [0.25, 0.3) is 11.5 Å². The van der Waals surface area contributed by atoms with E-state index in [0.717, 1.165) is 40.3 Å². The van der Waals surface area contributed by atoms with Crippen LogP contribution in [0.4, 0.5) is 0 Å². The molecule has 1 aliphatic carbocycles. The fraction of sp³-hybridized carbons (Fsp3) is 0.316. The average molecular weight is 383 g/mol. The topological polar surface area (TPSA) is 55.2 Å². The Labute approximate surface area is 158 Å². The fourth-order valence-corrected chi connectivity index (χ4v) is 5.01. The van der Waals surface area contributed by atoms with Crippen LogP contribution in [0.1, 0.15) is 40.5 Å². The molecule has 5 rings (SSSR count). The lowest BCUT2D eigenvalue weighted by Crippen LogP contribution is -2.37. The van der Waals surface area contributed by atoms with Crippen molar-refractivity contribution in [1.82, 2.24) is 14.5 Å². The minimum atomic E-state index is -0.0288. The van der Waals surface area contributed by atoms with Gasteiger partial charge in [-0.05, 0) is 41.8 Å². The lowest BCUT2D eigenvalue weighted by Gasteiger charge is -2.28. The molecule has 7 heteroatoms. The number of thiazole rings is 1. The second kappa shape index (κ2) is 6.17. The van der Waals surface area contributed by atoms with Crippen molar-refractivity contribution in [1.29, 1.82) is 0 Å². The molecular weight excluding hydrogens is 366 g/mol. The Morgan fingerprint density at radius 2 is 2.12 bits per heavy atom. The zero-order valence-electron chi connectivity index (χ0n) is 14.1. The molecule has 132 valence electrons. The van der Waals surface area contributed by atoms with E-state index in [1.165, 1.54) is 11.3 Å². The molecule has 4 heterocycles. The number of aromatic nitrogens is 2. The highest BCUT2D eigenvalue weighted by Crippen LogP contribution is 2.34. The molecule has 26 heavy (non-hydrogen) atoms. The molecular formula is C19H17N3O2S2. The summed E-state index contributed by atoms with van der Waals surface area (Å²) in [5.74, 6) is -0.0288. The number of hydrogen-bond donors (Lipinski definition) is 0. The molecule has 5 nitrogen and oxygen atoms in total. The SMILES string of the molecule is O=C(c1csc(-c2cccs2)n1)N1CCc2cc(=O)n(C3CC3)cc2C1. The highest BCUT2D eigenvalue weighted by molar-refractivity contribution is 7.20. The second-order valence-electron chi connectivity index (χ2n) is 6.79. The van der Waals surface area contributed by atoms with Crippen LogP contribution in [0.25, 0.3) is 9.88 Å². The smallest absolute Gasteiger partial charge is 0.273 e. The van der Waals surface area contributed by atoms with Gasteiger partial charge in [-0.3, -0.25) is 9.59 Å². The van der Waals surface area contributed by atoms with Crippen LogP contribution < -0.4 is 5.56 Å². The Hall–Kier alpha value is -2.25. The predicted octanol–water partition coefficient (Wildman–Crippen LogP) is 3.57. The van der Waals surface area contributed by atoms with Gasteiger partial charge in [0.2, 0.25) is 0 Å². The lowest BCUT2D eigenvalue weighted by atomic mass is 10.0. The van der Waals surface area contributed by atoms with Crippen molar-refractivity contribution in [2.75, 3.05) is 6.54 Å². The van der Waals surface area contributed by atoms with Crippen LogP contribution in [0.2, 0.25) is 0 Å². The van der Waals surface area contributed by atoms with E-state index in [9.17, 15) is 9.59 Å². The zero-order chi connectivity index (χ0) is 17.7. The monoisotopic (exact) mass is 383 g/mol. The van der Waals surface area contributed by atoms with Crippen LogP contribution in [-0.4, -0.2) is 26.9 Å². The molecule has 3 aromatic heterocycles. The predicted molar refractivity (Wildman–Crippen MR) is 103 cm³/mol. The zero-order valence-corrected chi connectivity index (χ0v) is 15.7. The fourth-order valence-electron chi connectivity index (χ4n) is 3.40. The maximum Gasteiger partial charge on any atom is 0.273 e. The normalized spacial score (nSPS) is 16.5. The van der Waals surface area contributed by atoms with E-state index in [2.05, 4.69) is 4.98 Å². The van der Waals surface area contributed by atoms with Gasteiger partial charge in [-0.15, -0.1) is 22.7 Å². The first-order valence-electron chi connectivity index (χ1n) is 8.71. The third kappa shape index (κ3) is 2.81. The van der Waals surface area contributed by atoms with Gasteiger partial charge >= 0.3 is 0 Å². The van der Waals surface area contributed by atoms with Crippen molar-refractivity contribution in [3.05, 3.63) is 62.3 Å². The summed E-state index contributed by atoms with van der Waals surface area (Å²) in [6.45, 7) is 1.18. The molecule has 0 saturated heterocycles. The molecule has 0 aromatic carbocycles. The molecule has 2 aliphatic rings. The Bertz CT molecular complexity index is 1030. The van der Waals surface area contributed by atoms with Gasteiger partial charge in [0.15, 0.2) is 0 Å². The highest BCUT2D eigenvalue weighted by Gasteiger charge is 2.28. The quantitative estimate of drug-likeness (QED) is 0.695. The molecule has 1 aliphatic heterocycles. The second-order valence-corrected chi connectivity index (χ2v) is 8.60. The van der Waals surface area contributed by atoms with E-state index < -0.39 is 0 Å². The average Bonchev–Trinajstić information content (AvgIpc) is 3.14.